The largest absolute Gasteiger partial charge is 0.274 e. The van der Waals surface area contributed by atoms with Crippen LogP contribution in [0.4, 0.5) is 5.69 Å². The maximum atomic E-state index is 12.6. The van der Waals surface area contributed by atoms with Crippen molar-refractivity contribution in [3.63, 3.8) is 0 Å². The summed E-state index contributed by atoms with van der Waals surface area (Å²) in [6, 6.07) is 5.16. The molecule has 1 aromatic carbocycles. The molecule has 0 N–H and O–H groups in total. The van der Waals surface area contributed by atoms with E-state index in [1.807, 2.05) is 20.8 Å². The average Bonchev–Trinajstić information content (AvgIpc) is 2.56. The third-order valence-electron chi connectivity index (χ3n) is 3.91. The van der Waals surface area contributed by atoms with Crippen molar-refractivity contribution in [1.82, 2.24) is 0 Å². The highest BCUT2D eigenvalue weighted by Crippen LogP contribution is 2.44. The molecular formula is C14H15BrClNO2. The molecule has 102 valence electrons. The lowest BCUT2D eigenvalue weighted by Gasteiger charge is -2.26. The van der Waals surface area contributed by atoms with Gasteiger partial charge < -0.3 is 0 Å². The second kappa shape index (κ2) is 4.91. The SMILES string of the molecule is CC(C)C1(C)CC(=O)N(c2cccc(Cl)c2Br)C1=O. The third kappa shape index (κ3) is 2.21. The summed E-state index contributed by atoms with van der Waals surface area (Å²) in [6.45, 7) is 5.76. The minimum atomic E-state index is -0.640. The normalized spacial score (nSPS) is 23.6. The molecule has 3 nitrogen and oxygen atoms in total. The number of carbonyl (C=O) groups is 2. The predicted molar refractivity (Wildman–Crippen MR) is 79.2 cm³/mol. The second-order valence-corrected chi connectivity index (χ2v) is 6.56. The van der Waals surface area contributed by atoms with E-state index in [1.165, 1.54) is 4.90 Å². The summed E-state index contributed by atoms with van der Waals surface area (Å²) in [4.78, 5) is 26.0. The van der Waals surface area contributed by atoms with Gasteiger partial charge in [0.1, 0.15) is 0 Å². The van der Waals surface area contributed by atoms with Gasteiger partial charge in [0.15, 0.2) is 0 Å². The second-order valence-electron chi connectivity index (χ2n) is 5.36. The van der Waals surface area contributed by atoms with Crippen LogP contribution in [0.5, 0.6) is 0 Å². The number of nitrogens with zero attached hydrogens (tertiary/aromatic N) is 1. The molecule has 1 aliphatic rings. The highest BCUT2D eigenvalue weighted by molar-refractivity contribution is 9.10. The lowest BCUT2D eigenvalue weighted by Crippen LogP contribution is -2.37. The fourth-order valence-corrected chi connectivity index (χ4v) is 2.81. The maximum Gasteiger partial charge on any atom is 0.240 e. The summed E-state index contributed by atoms with van der Waals surface area (Å²) in [7, 11) is 0. The Kier molecular flexibility index (Phi) is 3.76. The molecule has 19 heavy (non-hydrogen) atoms. The zero-order valence-electron chi connectivity index (χ0n) is 11.0. The highest BCUT2D eigenvalue weighted by Gasteiger charge is 2.50. The third-order valence-corrected chi connectivity index (χ3v) is 5.28. The molecule has 1 aromatic rings. The Morgan fingerprint density at radius 3 is 2.53 bits per heavy atom. The van der Waals surface area contributed by atoms with Crippen molar-refractivity contribution < 1.29 is 9.59 Å². The lowest BCUT2D eigenvalue weighted by atomic mass is 9.78. The van der Waals surface area contributed by atoms with Crippen molar-refractivity contribution in [3.05, 3.63) is 27.7 Å². The van der Waals surface area contributed by atoms with E-state index in [0.29, 0.717) is 15.2 Å². The zero-order valence-corrected chi connectivity index (χ0v) is 13.4. The Morgan fingerprint density at radius 2 is 2.00 bits per heavy atom. The Bertz CT molecular complexity index is 558. The van der Waals surface area contributed by atoms with Gasteiger partial charge in [-0.3, -0.25) is 9.59 Å². The molecule has 1 saturated heterocycles. The van der Waals surface area contributed by atoms with Crippen molar-refractivity contribution in [2.75, 3.05) is 4.90 Å². The Balaban J connectivity index is 2.50. The minimum Gasteiger partial charge on any atom is -0.274 e. The molecule has 0 bridgehead atoms. The van der Waals surface area contributed by atoms with Crippen LogP contribution in [0.3, 0.4) is 0 Å². The number of rotatable bonds is 2. The summed E-state index contributed by atoms with van der Waals surface area (Å²) in [5, 5.41) is 0.483. The molecule has 0 spiro atoms. The quantitative estimate of drug-likeness (QED) is 0.760. The molecule has 1 heterocycles. The molecule has 1 aliphatic heterocycles. The molecular weight excluding hydrogens is 330 g/mol. The Morgan fingerprint density at radius 1 is 1.37 bits per heavy atom. The van der Waals surface area contributed by atoms with Gasteiger partial charge in [0.25, 0.3) is 0 Å². The van der Waals surface area contributed by atoms with Crippen LogP contribution >= 0.6 is 27.5 Å². The maximum absolute atomic E-state index is 12.6. The molecule has 0 aliphatic carbocycles. The summed E-state index contributed by atoms with van der Waals surface area (Å²) < 4.78 is 0.575. The average molecular weight is 345 g/mol. The van der Waals surface area contributed by atoms with Crippen LogP contribution in [0.1, 0.15) is 27.2 Å². The van der Waals surface area contributed by atoms with Crippen LogP contribution in [0.25, 0.3) is 0 Å². The number of amides is 2. The van der Waals surface area contributed by atoms with Crippen LogP contribution < -0.4 is 4.90 Å². The fourth-order valence-electron chi connectivity index (χ4n) is 2.20. The predicted octanol–water partition coefficient (Wildman–Crippen LogP) is 4.03. The summed E-state index contributed by atoms with van der Waals surface area (Å²) in [5.74, 6) is -0.230. The number of hydrogen-bond acceptors (Lipinski definition) is 2. The van der Waals surface area contributed by atoms with Crippen LogP contribution in [-0.2, 0) is 9.59 Å². The van der Waals surface area contributed by atoms with E-state index >= 15 is 0 Å². The number of benzene rings is 1. The molecule has 1 atom stereocenters. The van der Waals surface area contributed by atoms with Crippen LogP contribution in [0, 0.1) is 11.3 Å². The molecule has 1 unspecified atom stereocenters. The number of hydrogen-bond donors (Lipinski definition) is 0. The van der Waals surface area contributed by atoms with Crippen molar-refractivity contribution in [2.45, 2.75) is 27.2 Å². The molecule has 2 rings (SSSR count). The van der Waals surface area contributed by atoms with Gasteiger partial charge >= 0.3 is 0 Å². The van der Waals surface area contributed by atoms with Gasteiger partial charge in [-0.1, -0.05) is 31.5 Å². The minimum absolute atomic E-state index is 0.104. The number of anilines is 1. The van der Waals surface area contributed by atoms with Crippen LogP contribution in [0.15, 0.2) is 22.7 Å². The van der Waals surface area contributed by atoms with E-state index in [1.54, 1.807) is 18.2 Å². The molecule has 0 radical (unpaired) electrons. The molecule has 5 heteroatoms. The Labute approximate surface area is 126 Å². The van der Waals surface area contributed by atoms with E-state index in [9.17, 15) is 9.59 Å². The van der Waals surface area contributed by atoms with Gasteiger partial charge in [-0.25, -0.2) is 4.90 Å². The van der Waals surface area contributed by atoms with Gasteiger partial charge in [0.05, 0.1) is 20.6 Å². The first-order chi connectivity index (χ1) is 8.79. The zero-order chi connectivity index (χ0) is 14.4. The van der Waals surface area contributed by atoms with Gasteiger partial charge in [-0.2, -0.15) is 0 Å². The van der Waals surface area contributed by atoms with E-state index in [0.717, 1.165) is 0 Å². The highest BCUT2D eigenvalue weighted by atomic mass is 79.9. The van der Waals surface area contributed by atoms with Crippen molar-refractivity contribution >= 4 is 45.0 Å². The van der Waals surface area contributed by atoms with Gasteiger partial charge in [0.2, 0.25) is 11.8 Å². The first-order valence-corrected chi connectivity index (χ1v) is 7.27. The summed E-state index contributed by atoms with van der Waals surface area (Å²) >= 11 is 9.37. The molecule has 0 saturated carbocycles. The van der Waals surface area contributed by atoms with Gasteiger partial charge in [-0.05, 0) is 40.9 Å². The molecule has 2 amide bonds. The van der Waals surface area contributed by atoms with Crippen molar-refractivity contribution in [1.29, 1.82) is 0 Å². The first kappa shape index (κ1) is 14.5. The number of imide groups is 1. The van der Waals surface area contributed by atoms with Gasteiger partial charge in [-0.15, -0.1) is 0 Å². The van der Waals surface area contributed by atoms with Crippen LogP contribution in [-0.4, -0.2) is 11.8 Å². The van der Waals surface area contributed by atoms with Crippen LogP contribution in [0.2, 0.25) is 5.02 Å². The lowest BCUT2D eigenvalue weighted by molar-refractivity contribution is -0.126. The van der Waals surface area contributed by atoms with E-state index in [-0.39, 0.29) is 24.2 Å². The summed E-state index contributed by atoms with van der Waals surface area (Å²) in [5.41, 5.74) is -0.120. The number of halogens is 2. The fraction of sp³-hybridized carbons (Fsp3) is 0.429. The van der Waals surface area contributed by atoms with E-state index < -0.39 is 5.41 Å². The summed E-state index contributed by atoms with van der Waals surface area (Å²) in [6.07, 6.45) is 0.239. The van der Waals surface area contributed by atoms with Crippen molar-refractivity contribution in [3.8, 4) is 0 Å². The topological polar surface area (TPSA) is 37.4 Å². The monoisotopic (exact) mass is 343 g/mol. The molecule has 1 fully saturated rings. The van der Waals surface area contributed by atoms with Crippen molar-refractivity contribution in [2.24, 2.45) is 11.3 Å². The Hall–Kier alpha value is -0.870. The number of carbonyl (C=O) groups excluding carboxylic acids is 2. The van der Waals surface area contributed by atoms with Gasteiger partial charge in [0, 0.05) is 6.42 Å². The molecule has 0 aromatic heterocycles. The first-order valence-electron chi connectivity index (χ1n) is 6.10. The van der Waals surface area contributed by atoms with E-state index in [2.05, 4.69) is 15.9 Å². The standard InChI is InChI=1S/C14H15BrClNO2/c1-8(2)14(3)7-11(18)17(13(14)19)10-6-4-5-9(16)12(10)15/h4-6,8H,7H2,1-3H3. The smallest absolute Gasteiger partial charge is 0.240 e. The van der Waals surface area contributed by atoms with E-state index in [4.69, 9.17) is 11.6 Å².